The molecule has 1 saturated heterocycles. The van der Waals surface area contributed by atoms with Crippen molar-refractivity contribution in [1.29, 1.82) is 0 Å². The number of fused-ring (bicyclic) bond motifs is 1. The molecule has 3 rings (SSSR count). The van der Waals surface area contributed by atoms with Gasteiger partial charge in [0.25, 0.3) is 0 Å². The maximum absolute atomic E-state index is 9.64. The lowest BCUT2D eigenvalue weighted by molar-refractivity contribution is 0.175. The second-order valence-corrected chi connectivity index (χ2v) is 5.57. The van der Waals surface area contributed by atoms with Crippen LogP contribution in [-0.4, -0.2) is 47.2 Å². The van der Waals surface area contributed by atoms with Gasteiger partial charge in [-0.25, -0.2) is 0 Å². The molecule has 3 aliphatic rings. The van der Waals surface area contributed by atoms with Crippen LogP contribution in [-0.2, 0) is 0 Å². The van der Waals surface area contributed by atoms with Crippen molar-refractivity contribution in [1.82, 2.24) is 9.80 Å². The van der Waals surface area contributed by atoms with Crippen LogP contribution in [0, 0.1) is 5.92 Å². The Hall–Kier alpha value is -0.700. The third kappa shape index (κ3) is 1.61. The third-order valence-electron chi connectivity index (χ3n) is 4.50. The first kappa shape index (κ1) is 10.5. The molecule has 0 bridgehead atoms. The van der Waals surface area contributed by atoms with E-state index in [4.69, 9.17) is 0 Å². The predicted molar refractivity (Wildman–Crippen MR) is 63.8 cm³/mol. The quantitative estimate of drug-likeness (QED) is 0.726. The van der Waals surface area contributed by atoms with Crippen LogP contribution in [0.4, 0.5) is 0 Å². The number of likely N-dealkylation sites (tertiary alicyclic amines) is 1. The van der Waals surface area contributed by atoms with Crippen LogP contribution in [0.1, 0.15) is 32.1 Å². The van der Waals surface area contributed by atoms with Crippen LogP contribution >= 0.6 is 0 Å². The van der Waals surface area contributed by atoms with Crippen molar-refractivity contribution in [3.05, 3.63) is 11.9 Å². The summed E-state index contributed by atoms with van der Waals surface area (Å²) in [5.41, 5.74) is 1.50. The summed E-state index contributed by atoms with van der Waals surface area (Å²) in [7, 11) is 2.21. The Morgan fingerprint density at radius 3 is 2.81 bits per heavy atom. The summed E-state index contributed by atoms with van der Waals surface area (Å²) in [6, 6.07) is 0.737. The summed E-state index contributed by atoms with van der Waals surface area (Å²) in [5, 5.41) is 9.64. The van der Waals surface area contributed by atoms with Gasteiger partial charge in [-0.2, -0.15) is 0 Å². The number of rotatable bonds is 1. The summed E-state index contributed by atoms with van der Waals surface area (Å²) in [6.45, 7) is 1.90. The second kappa shape index (κ2) is 3.95. The molecule has 2 aliphatic heterocycles. The Bertz CT molecular complexity index is 302. The van der Waals surface area contributed by atoms with Crippen LogP contribution in [0.3, 0.4) is 0 Å². The standard InChI is InChI=1S/C13H22N2O/c1-14-9-13(15-7-6-10(16)8-15)11-4-2-3-5-12(11)14/h9-12,16H,2-8H2,1H3/t10-,11?,12?/m1/s1. The average molecular weight is 222 g/mol. The predicted octanol–water partition coefficient (Wildman–Crippen LogP) is 1.40. The molecule has 0 aromatic rings. The highest BCUT2D eigenvalue weighted by atomic mass is 16.3. The number of aliphatic hydroxyl groups excluding tert-OH is 1. The van der Waals surface area contributed by atoms with E-state index in [9.17, 15) is 5.11 Å². The van der Waals surface area contributed by atoms with Gasteiger partial charge < -0.3 is 14.9 Å². The lowest BCUT2D eigenvalue weighted by Crippen LogP contribution is -2.34. The minimum atomic E-state index is -0.103. The van der Waals surface area contributed by atoms with Crippen LogP contribution in [0.25, 0.3) is 0 Å². The molecule has 1 saturated carbocycles. The SMILES string of the molecule is CN1C=C(N2CC[C@@H](O)C2)C2CCCCC21. The van der Waals surface area contributed by atoms with Gasteiger partial charge in [-0.1, -0.05) is 12.8 Å². The Morgan fingerprint density at radius 1 is 1.25 bits per heavy atom. The fourth-order valence-electron chi connectivity index (χ4n) is 3.64. The molecule has 1 aliphatic carbocycles. The van der Waals surface area contributed by atoms with E-state index in [2.05, 4.69) is 23.0 Å². The van der Waals surface area contributed by atoms with Crippen molar-refractivity contribution in [3.8, 4) is 0 Å². The number of β-amino-alcohol motifs (C(OH)–C–C–N with tert-alkyl or cyclic N) is 1. The topological polar surface area (TPSA) is 26.7 Å². The van der Waals surface area contributed by atoms with Crippen molar-refractivity contribution in [2.24, 2.45) is 5.92 Å². The highest BCUT2D eigenvalue weighted by Crippen LogP contribution is 2.40. The van der Waals surface area contributed by atoms with E-state index >= 15 is 0 Å². The molecule has 0 aromatic heterocycles. The Morgan fingerprint density at radius 2 is 2.06 bits per heavy atom. The Labute approximate surface area is 97.7 Å². The van der Waals surface area contributed by atoms with E-state index in [0.717, 1.165) is 31.5 Å². The summed E-state index contributed by atoms with van der Waals surface area (Å²) in [6.07, 6.45) is 8.62. The average Bonchev–Trinajstić information content (AvgIpc) is 2.84. The van der Waals surface area contributed by atoms with E-state index < -0.39 is 0 Å². The first-order chi connectivity index (χ1) is 7.75. The molecule has 2 heterocycles. The molecule has 3 heteroatoms. The number of nitrogens with zero attached hydrogens (tertiary/aromatic N) is 2. The van der Waals surface area contributed by atoms with E-state index in [1.54, 1.807) is 0 Å². The third-order valence-corrected chi connectivity index (χ3v) is 4.50. The highest BCUT2D eigenvalue weighted by molar-refractivity contribution is 5.18. The van der Waals surface area contributed by atoms with Crippen LogP contribution < -0.4 is 0 Å². The summed E-state index contributed by atoms with van der Waals surface area (Å²) < 4.78 is 0. The van der Waals surface area contributed by atoms with E-state index in [-0.39, 0.29) is 6.10 Å². The molecule has 3 atom stereocenters. The Balaban J connectivity index is 1.77. The maximum atomic E-state index is 9.64. The molecule has 2 fully saturated rings. The molecule has 90 valence electrons. The number of hydrogen-bond acceptors (Lipinski definition) is 3. The molecule has 0 radical (unpaired) electrons. The van der Waals surface area contributed by atoms with Crippen molar-refractivity contribution in [2.75, 3.05) is 20.1 Å². The van der Waals surface area contributed by atoms with Crippen molar-refractivity contribution < 1.29 is 5.11 Å². The molecule has 0 spiro atoms. The first-order valence-corrected chi connectivity index (χ1v) is 6.62. The molecule has 1 N–H and O–H groups in total. The fourth-order valence-corrected chi connectivity index (χ4v) is 3.64. The van der Waals surface area contributed by atoms with Crippen molar-refractivity contribution in [3.63, 3.8) is 0 Å². The van der Waals surface area contributed by atoms with Crippen LogP contribution in [0.15, 0.2) is 11.9 Å². The zero-order valence-corrected chi connectivity index (χ0v) is 10.1. The summed E-state index contributed by atoms with van der Waals surface area (Å²) in [5.74, 6) is 0.740. The smallest absolute Gasteiger partial charge is 0.0731 e. The molecule has 2 unspecified atom stereocenters. The monoisotopic (exact) mass is 222 g/mol. The molecule has 3 nitrogen and oxygen atoms in total. The van der Waals surface area contributed by atoms with E-state index in [1.165, 1.54) is 31.4 Å². The second-order valence-electron chi connectivity index (χ2n) is 5.57. The van der Waals surface area contributed by atoms with Gasteiger partial charge >= 0.3 is 0 Å². The van der Waals surface area contributed by atoms with Gasteiger partial charge in [0.2, 0.25) is 0 Å². The number of hydrogen-bond donors (Lipinski definition) is 1. The zero-order valence-electron chi connectivity index (χ0n) is 10.1. The van der Waals surface area contributed by atoms with Crippen molar-refractivity contribution in [2.45, 2.75) is 44.2 Å². The van der Waals surface area contributed by atoms with Crippen LogP contribution in [0.2, 0.25) is 0 Å². The normalized spacial score (nSPS) is 38.9. The van der Waals surface area contributed by atoms with Gasteiger partial charge in [-0.15, -0.1) is 0 Å². The van der Waals surface area contributed by atoms with E-state index in [0.29, 0.717) is 0 Å². The lowest BCUT2D eigenvalue weighted by Gasteiger charge is -2.33. The minimum Gasteiger partial charge on any atom is -0.391 e. The molecule has 16 heavy (non-hydrogen) atoms. The van der Waals surface area contributed by atoms with Gasteiger partial charge in [0.15, 0.2) is 0 Å². The first-order valence-electron chi connectivity index (χ1n) is 6.62. The maximum Gasteiger partial charge on any atom is 0.0731 e. The van der Waals surface area contributed by atoms with Gasteiger partial charge in [-0.05, 0) is 19.3 Å². The molecular formula is C13H22N2O. The lowest BCUT2D eigenvalue weighted by atomic mass is 9.84. The molecular weight excluding hydrogens is 200 g/mol. The van der Waals surface area contributed by atoms with Crippen LogP contribution in [0.5, 0.6) is 0 Å². The minimum absolute atomic E-state index is 0.103. The highest BCUT2D eigenvalue weighted by Gasteiger charge is 2.38. The Kier molecular flexibility index (Phi) is 2.58. The summed E-state index contributed by atoms with van der Waals surface area (Å²) >= 11 is 0. The molecule has 0 amide bonds. The fraction of sp³-hybridized carbons (Fsp3) is 0.846. The van der Waals surface area contributed by atoms with Gasteiger partial charge in [0.05, 0.1) is 6.10 Å². The summed E-state index contributed by atoms with van der Waals surface area (Å²) in [4.78, 5) is 4.82. The van der Waals surface area contributed by atoms with Gasteiger partial charge in [0, 0.05) is 44.0 Å². The zero-order chi connectivity index (χ0) is 11.1. The largest absolute Gasteiger partial charge is 0.391 e. The van der Waals surface area contributed by atoms with E-state index in [1.807, 2.05) is 0 Å². The number of aliphatic hydroxyl groups is 1. The molecule has 0 aromatic carbocycles. The van der Waals surface area contributed by atoms with Gasteiger partial charge in [-0.3, -0.25) is 0 Å². The van der Waals surface area contributed by atoms with Crippen molar-refractivity contribution >= 4 is 0 Å². The van der Waals surface area contributed by atoms with Gasteiger partial charge in [0.1, 0.15) is 0 Å².